The Bertz CT molecular complexity index is 793. The Morgan fingerprint density at radius 3 is 2.67 bits per heavy atom. The van der Waals surface area contributed by atoms with Crippen molar-refractivity contribution < 1.29 is 9.53 Å². The summed E-state index contributed by atoms with van der Waals surface area (Å²) in [5.41, 5.74) is 0.621. The molecule has 1 aromatic carbocycles. The summed E-state index contributed by atoms with van der Waals surface area (Å²) in [6.45, 7) is 7.14. The minimum Gasteiger partial charge on any atom is -0.478 e. The molecule has 1 fully saturated rings. The van der Waals surface area contributed by atoms with Crippen LogP contribution in [-0.2, 0) is 0 Å². The molecule has 7 nitrogen and oxygen atoms in total. The van der Waals surface area contributed by atoms with E-state index in [9.17, 15) is 4.79 Å². The first-order valence-corrected chi connectivity index (χ1v) is 9.48. The number of nitrogens with zero attached hydrogens (tertiary/aromatic N) is 4. The largest absolute Gasteiger partial charge is 0.478 e. The van der Waals surface area contributed by atoms with Crippen LogP contribution < -0.4 is 15.0 Å². The molecule has 1 saturated heterocycles. The van der Waals surface area contributed by atoms with Crippen molar-refractivity contribution in [1.82, 2.24) is 14.9 Å². The Hall–Kier alpha value is -2.54. The number of rotatable bonds is 5. The zero-order valence-corrected chi connectivity index (χ0v) is 16.4. The predicted octanol–water partition coefficient (Wildman–Crippen LogP) is 3.58. The van der Waals surface area contributed by atoms with Gasteiger partial charge in [0.1, 0.15) is 11.6 Å². The minimum absolute atomic E-state index is 0.145. The van der Waals surface area contributed by atoms with Gasteiger partial charge in [-0.25, -0.2) is 9.78 Å². The van der Waals surface area contributed by atoms with Gasteiger partial charge < -0.3 is 19.9 Å². The number of para-hydroxylation sites is 1. The summed E-state index contributed by atoms with van der Waals surface area (Å²) in [7, 11) is 0. The van der Waals surface area contributed by atoms with Crippen molar-refractivity contribution in [3.63, 3.8) is 0 Å². The van der Waals surface area contributed by atoms with Gasteiger partial charge >= 0.3 is 6.03 Å². The lowest BCUT2D eigenvalue weighted by Gasteiger charge is -2.35. The third-order valence-corrected chi connectivity index (χ3v) is 4.59. The lowest BCUT2D eigenvalue weighted by Crippen LogP contribution is -2.50. The maximum atomic E-state index is 12.5. The fourth-order valence-corrected chi connectivity index (χ4v) is 3.05. The van der Waals surface area contributed by atoms with Crippen molar-refractivity contribution in [2.24, 2.45) is 0 Å². The number of hydrogen-bond donors (Lipinski definition) is 1. The first kappa shape index (κ1) is 19.2. The fraction of sp³-hybridized carbons (Fsp3) is 0.421. The minimum atomic E-state index is -0.145. The normalized spacial score (nSPS) is 14.2. The zero-order chi connectivity index (χ0) is 19.2. The van der Waals surface area contributed by atoms with Crippen LogP contribution >= 0.6 is 11.6 Å². The molecule has 0 bridgehead atoms. The number of ether oxygens (including phenoxy) is 1. The number of carbonyl (C=O) groups excluding carboxylic acids is 1. The molecule has 2 aromatic rings. The van der Waals surface area contributed by atoms with Gasteiger partial charge in [0.2, 0.25) is 5.88 Å². The average Bonchev–Trinajstić information content (AvgIpc) is 2.68. The van der Waals surface area contributed by atoms with Gasteiger partial charge in [0.05, 0.1) is 17.3 Å². The van der Waals surface area contributed by atoms with Gasteiger partial charge in [-0.15, -0.1) is 0 Å². The Labute approximate surface area is 164 Å². The molecule has 1 aliphatic heterocycles. The maximum Gasteiger partial charge on any atom is 0.322 e. The Morgan fingerprint density at radius 2 is 1.96 bits per heavy atom. The van der Waals surface area contributed by atoms with Gasteiger partial charge in [0, 0.05) is 32.2 Å². The molecule has 2 amide bonds. The van der Waals surface area contributed by atoms with Crippen molar-refractivity contribution in [3.8, 4) is 5.88 Å². The lowest BCUT2D eigenvalue weighted by molar-refractivity contribution is 0.208. The van der Waals surface area contributed by atoms with Crippen LogP contribution in [0.4, 0.5) is 16.3 Å². The van der Waals surface area contributed by atoms with E-state index in [4.69, 9.17) is 16.3 Å². The molecule has 0 aliphatic carbocycles. The quantitative estimate of drug-likeness (QED) is 0.846. The van der Waals surface area contributed by atoms with Gasteiger partial charge in [0.25, 0.3) is 0 Å². The summed E-state index contributed by atoms with van der Waals surface area (Å²) in [5, 5.41) is 3.40. The van der Waals surface area contributed by atoms with Gasteiger partial charge in [-0.3, -0.25) is 0 Å². The molecule has 0 unspecified atom stereocenters. The summed E-state index contributed by atoms with van der Waals surface area (Å²) in [6.07, 6.45) is 0.928. The van der Waals surface area contributed by atoms with Gasteiger partial charge in [0.15, 0.2) is 0 Å². The van der Waals surface area contributed by atoms with Crippen LogP contribution in [0.25, 0.3) is 0 Å². The van der Waals surface area contributed by atoms with Gasteiger partial charge in [-0.2, -0.15) is 4.98 Å². The number of aryl methyl sites for hydroxylation is 1. The smallest absolute Gasteiger partial charge is 0.322 e. The molecular formula is C19H24ClN5O2. The molecule has 2 heterocycles. The predicted molar refractivity (Wildman–Crippen MR) is 107 cm³/mol. The van der Waals surface area contributed by atoms with E-state index in [1.165, 1.54) is 0 Å². The summed E-state index contributed by atoms with van der Waals surface area (Å²) >= 11 is 6.11. The van der Waals surface area contributed by atoms with Crippen LogP contribution in [0.5, 0.6) is 5.88 Å². The van der Waals surface area contributed by atoms with Gasteiger partial charge in [-0.1, -0.05) is 30.7 Å². The van der Waals surface area contributed by atoms with Crippen molar-refractivity contribution in [2.45, 2.75) is 20.3 Å². The molecule has 1 aliphatic rings. The van der Waals surface area contributed by atoms with Crippen molar-refractivity contribution in [2.75, 3.05) is 43.0 Å². The van der Waals surface area contributed by atoms with Crippen molar-refractivity contribution in [3.05, 3.63) is 41.2 Å². The number of halogens is 1. The second kappa shape index (κ2) is 8.90. The Balaban J connectivity index is 1.59. The summed E-state index contributed by atoms with van der Waals surface area (Å²) in [4.78, 5) is 25.2. The number of anilines is 2. The number of aromatic nitrogens is 2. The lowest BCUT2D eigenvalue weighted by atomic mass is 10.3. The molecule has 1 aromatic heterocycles. The van der Waals surface area contributed by atoms with Crippen LogP contribution in [0.3, 0.4) is 0 Å². The van der Waals surface area contributed by atoms with Crippen molar-refractivity contribution >= 4 is 29.1 Å². The highest BCUT2D eigenvalue weighted by Crippen LogP contribution is 2.22. The molecule has 8 heteroatoms. The Kier molecular flexibility index (Phi) is 6.34. The molecule has 0 atom stereocenters. The third kappa shape index (κ3) is 5.01. The van der Waals surface area contributed by atoms with Crippen LogP contribution in [0.15, 0.2) is 30.3 Å². The maximum absolute atomic E-state index is 12.5. The average molecular weight is 390 g/mol. The third-order valence-electron chi connectivity index (χ3n) is 4.26. The monoisotopic (exact) mass is 389 g/mol. The molecule has 0 radical (unpaired) electrons. The van der Waals surface area contributed by atoms with Crippen molar-refractivity contribution in [1.29, 1.82) is 0 Å². The van der Waals surface area contributed by atoms with E-state index in [2.05, 4.69) is 27.1 Å². The van der Waals surface area contributed by atoms with Gasteiger partial charge in [-0.05, 0) is 25.5 Å². The van der Waals surface area contributed by atoms with Crippen LogP contribution in [0.2, 0.25) is 5.02 Å². The van der Waals surface area contributed by atoms with E-state index in [0.717, 1.165) is 12.2 Å². The van der Waals surface area contributed by atoms with E-state index in [1.54, 1.807) is 17.0 Å². The van der Waals surface area contributed by atoms with E-state index < -0.39 is 0 Å². The molecule has 1 N–H and O–H groups in total. The molecule has 0 spiro atoms. The SMILES string of the molecule is CCCOc1cc(N2CCN(C(=O)Nc3ccccc3Cl)CC2)nc(C)n1. The summed E-state index contributed by atoms with van der Waals surface area (Å²) in [5.74, 6) is 2.11. The van der Waals surface area contributed by atoms with E-state index in [0.29, 0.717) is 55.2 Å². The molecule has 3 rings (SSSR count). The molecule has 144 valence electrons. The number of amides is 2. The highest BCUT2D eigenvalue weighted by Gasteiger charge is 2.23. The summed E-state index contributed by atoms with van der Waals surface area (Å²) < 4.78 is 5.64. The fourth-order valence-electron chi connectivity index (χ4n) is 2.86. The highest BCUT2D eigenvalue weighted by molar-refractivity contribution is 6.33. The second-order valence-electron chi connectivity index (χ2n) is 6.34. The van der Waals surface area contributed by atoms with Crippen LogP contribution in [-0.4, -0.2) is 53.7 Å². The number of carbonyl (C=O) groups is 1. The number of urea groups is 1. The zero-order valence-electron chi connectivity index (χ0n) is 15.6. The first-order valence-electron chi connectivity index (χ1n) is 9.10. The van der Waals surface area contributed by atoms with E-state index in [1.807, 2.05) is 25.1 Å². The Morgan fingerprint density at radius 1 is 1.22 bits per heavy atom. The molecule has 0 saturated carbocycles. The number of nitrogens with one attached hydrogen (secondary N) is 1. The molecule has 27 heavy (non-hydrogen) atoms. The first-order chi connectivity index (χ1) is 13.1. The topological polar surface area (TPSA) is 70.6 Å². The van der Waals surface area contributed by atoms with Crippen LogP contribution in [0.1, 0.15) is 19.2 Å². The van der Waals surface area contributed by atoms with Crippen LogP contribution in [0, 0.1) is 6.92 Å². The van der Waals surface area contributed by atoms with E-state index >= 15 is 0 Å². The number of piperazine rings is 1. The number of hydrogen-bond acceptors (Lipinski definition) is 5. The summed E-state index contributed by atoms with van der Waals surface area (Å²) in [6, 6.07) is 8.94. The van der Waals surface area contributed by atoms with E-state index in [-0.39, 0.29) is 6.03 Å². The standard InChI is InChI=1S/C19H24ClN5O2/c1-3-12-27-18-13-17(21-14(2)22-18)24-8-10-25(11-9-24)19(26)23-16-7-5-4-6-15(16)20/h4-7,13H,3,8-12H2,1-2H3,(H,23,26). The second-order valence-corrected chi connectivity index (χ2v) is 6.75. The molecular weight excluding hydrogens is 366 g/mol. The number of benzene rings is 1. The highest BCUT2D eigenvalue weighted by atomic mass is 35.5.